The van der Waals surface area contributed by atoms with Gasteiger partial charge in [-0.25, -0.2) is 0 Å². The third-order valence-corrected chi connectivity index (χ3v) is 2.54. The lowest BCUT2D eigenvalue weighted by molar-refractivity contribution is 0.128. The highest BCUT2D eigenvalue weighted by Gasteiger charge is 2.15. The van der Waals surface area contributed by atoms with Crippen LogP contribution in [0, 0.1) is 5.92 Å². The minimum Gasteiger partial charge on any atom is -0.393 e. The molecular weight excluding hydrogens is 138 g/mol. The molecule has 0 aromatic rings. The Labute approximate surface area is 69.0 Å². The van der Waals surface area contributed by atoms with E-state index in [1.54, 1.807) is 0 Å². The molecule has 0 aromatic carbocycles. The van der Waals surface area contributed by atoms with Crippen LogP contribution in [0.2, 0.25) is 0 Å². The third kappa shape index (κ3) is 3.21. The monoisotopic (exact) mass is 157 g/mol. The van der Waals surface area contributed by atoms with Gasteiger partial charge in [-0.3, -0.25) is 0 Å². The topological polar surface area (TPSA) is 32.3 Å². The van der Waals surface area contributed by atoms with Crippen LogP contribution in [0.15, 0.2) is 0 Å². The molecule has 2 nitrogen and oxygen atoms in total. The number of hydrogen-bond acceptors (Lipinski definition) is 2. The SMILES string of the molecule is CCC(O)CC1CCNCC1. The molecule has 2 N–H and O–H groups in total. The number of nitrogens with one attached hydrogen (secondary N) is 1. The molecule has 1 atom stereocenters. The second-order valence-corrected chi connectivity index (χ2v) is 3.49. The van der Waals surface area contributed by atoms with E-state index in [9.17, 15) is 5.11 Å². The summed E-state index contributed by atoms with van der Waals surface area (Å²) in [5.74, 6) is 0.770. The van der Waals surface area contributed by atoms with Crippen LogP contribution in [-0.2, 0) is 0 Å². The second-order valence-electron chi connectivity index (χ2n) is 3.49. The summed E-state index contributed by atoms with van der Waals surface area (Å²) < 4.78 is 0. The van der Waals surface area contributed by atoms with E-state index in [0.717, 1.165) is 31.8 Å². The van der Waals surface area contributed by atoms with Crippen LogP contribution in [-0.4, -0.2) is 24.3 Å². The predicted octanol–water partition coefficient (Wildman–Crippen LogP) is 1.15. The van der Waals surface area contributed by atoms with Gasteiger partial charge in [-0.1, -0.05) is 6.92 Å². The van der Waals surface area contributed by atoms with Gasteiger partial charge in [0.2, 0.25) is 0 Å². The summed E-state index contributed by atoms with van der Waals surface area (Å²) in [5.41, 5.74) is 0. The quantitative estimate of drug-likeness (QED) is 0.644. The lowest BCUT2D eigenvalue weighted by atomic mass is 9.91. The maximum Gasteiger partial charge on any atom is 0.0540 e. The number of hydrogen-bond donors (Lipinski definition) is 2. The van der Waals surface area contributed by atoms with Crippen molar-refractivity contribution in [2.45, 2.75) is 38.7 Å². The zero-order chi connectivity index (χ0) is 8.10. The van der Waals surface area contributed by atoms with Gasteiger partial charge in [0.25, 0.3) is 0 Å². The fourth-order valence-electron chi connectivity index (χ4n) is 1.67. The van der Waals surface area contributed by atoms with Crippen LogP contribution in [0.5, 0.6) is 0 Å². The first-order valence-corrected chi connectivity index (χ1v) is 4.71. The maximum absolute atomic E-state index is 9.39. The minimum atomic E-state index is -0.0573. The Kier molecular flexibility index (Phi) is 3.87. The molecule has 1 heterocycles. The number of piperidine rings is 1. The fourth-order valence-corrected chi connectivity index (χ4v) is 1.67. The molecule has 2 heteroatoms. The molecule has 1 unspecified atom stereocenters. The van der Waals surface area contributed by atoms with E-state index in [0.29, 0.717) is 0 Å². The van der Waals surface area contributed by atoms with E-state index in [-0.39, 0.29) is 6.10 Å². The molecular formula is C9H19NO. The van der Waals surface area contributed by atoms with Gasteiger partial charge in [-0.05, 0) is 44.7 Å². The van der Waals surface area contributed by atoms with Crippen molar-refractivity contribution >= 4 is 0 Å². The Bertz CT molecular complexity index is 99.7. The highest BCUT2D eigenvalue weighted by molar-refractivity contribution is 4.70. The summed E-state index contributed by atoms with van der Waals surface area (Å²) in [6, 6.07) is 0. The average molecular weight is 157 g/mol. The first-order chi connectivity index (χ1) is 5.33. The van der Waals surface area contributed by atoms with Crippen LogP contribution in [0.1, 0.15) is 32.6 Å². The number of rotatable bonds is 3. The van der Waals surface area contributed by atoms with Gasteiger partial charge < -0.3 is 10.4 Å². The Morgan fingerprint density at radius 3 is 2.64 bits per heavy atom. The summed E-state index contributed by atoms with van der Waals surface area (Å²) >= 11 is 0. The maximum atomic E-state index is 9.39. The van der Waals surface area contributed by atoms with Crippen LogP contribution in [0.3, 0.4) is 0 Å². The molecule has 0 spiro atoms. The summed E-state index contributed by atoms with van der Waals surface area (Å²) in [5, 5.41) is 12.7. The third-order valence-electron chi connectivity index (χ3n) is 2.54. The zero-order valence-corrected chi connectivity index (χ0v) is 7.34. The Morgan fingerprint density at radius 2 is 2.09 bits per heavy atom. The van der Waals surface area contributed by atoms with E-state index in [2.05, 4.69) is 5.32 Å². The Morgan fingerprint density at radius 1 is 1.45 bits per heavy atom. The van der Waals surface area contributed by atoms with E-state index < -0.39 is 0 Å². The van der Waals surface area contributed by atoms with Crippen LogP contribution < -0.4 is 5.32 Å². The number of aliphatic hydroxyl groups is 1. The molecule has 1 rings (SSSR count). The molecule has 1 saturated heterocycles. The summed E-state index contributed by atoms with van der Waals surface area (Å²) in [6.45, 7) is 4.33. The molecule has 1 aliphatic heterocycles. The van der Waals surface area contributed by atoms with Crippen molar-refractivity contribution in [1.82, 2.24) is 5.32 Å². The van der Waals surface area contributed by atoms with Crippen molar-refractivity contribution in [3.05, 3.63) is 0 Å². The van der Waals surface area contributed by atoms with Crippen molar-refractivity contribution in [2.24, 2.45) is 5.92 Å². The van der Waals surface area contributed by atoms with Gasteiger partial charge in [0.05, 0.1) is 6.10 Å². The minimum absolute atomic E-state index is 0.0573. The van der Waals surface area contributed by atoms with Crippen molar-refractivity contribution in [3.8, 4) is 0 Å². The van der Waals surface area contributed by atoms with Crippen LogP contribution in [0.25, 0.3) is 0 Å². The first-order valence-electron chi connectivity index (χ1n) is 4.71. The van der Waals surface area contributed by atoms with Gasteiger partial charge in [0.1, 0.15) is 0 Å². The van der Waals surface area contributed by atoms with Gasteiger partial charge in [-0.2, -0.15) is 0 Å². The Hall–Kier alpha value is -0.0800. The van der Waals surface area contributed by atoms with Crippen molar-refractivity contribution in [3.63, 3.8) is 0 Å². The Balaban J connectivity index is 2.13. The molecule has 1 aliphatic rings. The normalized spacial score (nSPS) is 23.5. The van der Waals surface area contributed by atoms with Gasteiger partial charge in [0, 0.05) is 0 Å². The van der Waals surface area contributed by atoms with Gasteiger partial charge in [-0.15, -0.1) is 0 Å². The number of aliphatic hydroxyl groups excluding tert-OH is 1. The van der Waals surface area contributed by atoms with Crippen molar-refractivity contribution in [2.75, 3.05) is 13.1 Å². The lowest BCUT2D eigenvalue weighted by Gasteiger charge is -2.24. The van der Waals surface area contributed by atoms with E-state index >= 15 is 0 Å². The van der Waals surface area contributed by atoms with Gasteiger partial charge >= 0.3 is 0 Å². The smallest absolute Gasteiger partial charge is 0.0540 e. The second kappa shape index (κ2) is 4.73. The average Bonchev–Trinajstić information content (AvgIpc) is 2.06. The lowest BCUT2D eigenvalue weighted by Crippen LogP contribution is -2.29. The van der Waals surface area contributed by atoms with Crippen LogP contribution >= 0.6 is 0 Å². The largest absolute Gasteiger partial charge is 0.393 e. The molecule has 0 aliphatic carbocycles. The molecule has 0 amide bonds. The molecule has 0 radical (unpaired) electrons. The molecule has 66 valence electrons. The summed E-state index contributed by atoms with van der Waals surface area (Å²) in [4.78, 5) is 0. The first kappa shape index (κ1) is 9.01. The van der Waals surface area contributed by atoms with Crippen molar-refractivity contribution < 1.29 is 5.11 Å². The molecule has 0 bridgehead atoms. The van der Waals surface area contributed by atoms with Crippen LogP contribution in [0.4, 0.5) is 0 Å². The van der Waals surface area contributed by atoms with E-state index in [4.69, 9.17) is 0 Å². The van der Waals surface area contributed by atoms with E-state index in [1.807, 2.05) is 6.92 Å². The molecule has 0 saturated carbocycles. The zero-order valence-electron chi connectivity index (χ0n) is 7.34. The molecule has 11 heavy (non-hydrogen) atoms. The fraction of sp³-hybridized carbons (Fsp3) is 1.00. The standard InChI is InChI=1S/C9H19NO/c1-2-9(11)7-8-3-5-10-6-4-8/h8-11H,2-7H2,1H3. The predicted molar refractivity (Wildman–Crippen MR) is 46.5 cm³/mol. The highest BCUT2D eigenvalue weighted by Crippen LogP contribution is 2.18. The molecule has 1 fully saturated rings. The highest BCUT2D eigenvalue weighted by atomic mass is 16.3. The van der Waals surface area contributed by atoms with E-state index in [1.165, 1.54) is 12.8 Å². The van der Waals surface area contributed by atoms with Crippen molar-refractivity contribution in [1.29, 1.82) is 0 Å². The van der Waals surface area contributed by atoms with Gasteiger partial charge in [0.15, 0.2) is 0 Å². The molecule has 0 aromatic heterocycles. The summed E-state index contributed by atoms with van der Waals surface area (Å²) in [7, 11) is 0. The summed E-state index contributed by atoms with van der Waals surface area (Å²) in [6.07, 6.45) is 4.36.